The zero-order valence-corrected chi connectivity index (χ0v) is 12.1. The second kappa shape index (κ2) is 5.68. The average Bonchev–Trinajstić information content (AvgIpc) is 2.31. The van der Waals surface area contributed by atoms with Crippen molar-refractivity contribution in [3.63, 3.8) is 0 Å². The number of benzene rings is 1. The molecule has 0 aliphatic carbocycles. The third-order valence-corrected chi connectivity index (χ3v) is 4.22. The number of aliphatic hydroxyl groups is 1. The number of hydrogen-bond donors (Lipinski definition) is 1. The summed E-state index contributed by atoms with van der Waals surface area (Å²) in [7, 11) is 0. The third kappa shape index (κ3) is 2.71. The Morgan fingerprint density at radius 2 is 1.24 bits per heavy atom. The molecule has 0 bridgehead atoms. The molecule has 17 heavy (non-hydrogen) atoms. The molecule has 0 heterocycles. The number of unbranched alkanes of at least 4 members (excludes halogenated alkanes) is 1. The van der Waals surface area contributed by atoms with E-state index in [1.807, 2.05) is 0 Å². The van der Waals surface area contributed by atoms with Crippen molar-refractivity contribution < 1.29 is 5.11 Å². The maximum atomic E-state index is 10.4. The van der Waals surface area contributed by atoms with Gasteiger partial charge in [-0.1, -0.05) is 19.8 Å². The first-order chi connectivity index (χ1) is 7.91. The summed E-state index contributed by atoms with van der Waals surface area (Å²) in [6.45, 7) is 12.9. The summed E-state index contributed by atoms with van der Waals surface area (Å²) in [5.74, 6) is 0. The summed E-state index contributed by atoms with van der Waals surface area (Å²) < 4.78 is 0. The highest BCUT2D eigenvalue weighted by atomic mass is 16.3. The van der Waals surface area contributed by atoms with Crippen LogP contribution in [-0.2, 0) is 0 Å². The standard InChI is InChI=1S/C16H26O/c1-7-8-9-15(17)16-13(5)11(3)10(2)12(4)14(16)6/h15,17H,7-9H2,1-6H3. The Balaban J connectivity index is 3.24. The van der Waals surface area contributed by atoms with Crippen LogP contribution in [0.2, 0.25) is 0 Å². The summed E-state index contributed by atoms with van der Waals surface area (Å²) in [5, 5.41) is 10.4. The van der Waals surface area contributed by atoms with Gasteiger partial charge in [-0.05, 0) is 74.4 Å². The summed E-state index contributed by atoms with van der Waals surface area (Å²) in [5.41, 5.74) is 7.74. The van der Waals surface area contributed by atoms with E-state index in [0.717, 1.165) is 19.3 Å². The van der Waals surface area contributed by atoms with E-state index in [2.05, 4.69) is 41.5 Å². The largest absolute Gasteiger partial charge is 0.388 e. The van der Waals surface area contributed by atoms with Crippen LogP contribution in [0, 0.1) is 34.6 Å². The van der Waals surface area contributed by atoms with Crippen molar-refractivity contribution in [1.82, 2.24) is 0 Å². The lowest BCUT2D eigenvalue weighted by atomic mass is 9.86. The fraction of sp³-hybridized carbons (Fsp3) is 0.625. The van der Waals surface area contributed by atoms with Crippen LogP contribution >= 0.6 is 0 Å². The van der Waals surface area contributed by atoms with E-state index < -0.39 is 0 Å². The van der Waals surface area contributed by atoms with Gasteiger partial charge in [0.15, 0.2) is 0 Å². The van der Waals surface area contributed by atoms with Gasteiger partial charge >= 0.3 is 0 Å². The minimum Gasteiger partial charge on any atom is -0.388 e. The zero-order chi connectivity index (χ0) is 13.2. The lowest BCUT2D eigenvalue weighted by Crippen LogP contribution is -2.08. The van der Waals surface area contributed by atoms with Gasteiger partial charge in [0, 0.05) is 0 Å². The molecule has 1 nitrogen and oxygen atoms in total. The lowest BCUT2D eigenvalue weighted by Gasteiger charge is -2.22. The van der Waals surface area contributed by atoms with Crippen LogP contribution in [0.5, 0.6) is 0 Å². The van der Waals surface area contributed by atoms with E-state index in [1.165, 1.54) is 33.4 Å². The van der Waals surface area contributed by atoms with Gasteiger partial charge in [0.2, 0.25) is 0 Å². The molecule has 1 atom stereocenters. The second-order valence-electron chi connectivity index (χ2n) is 5.20. The Hall–Kier alpha value is -0.820. The first-order valence-corrected chi connectivity index (χ1v) is 6.66. The Morgan fingerprint density at radius 1 is 0.824 bits per heavy atom. The molecule has 0 saturated carbocycles. The van der Waals surface area contributed by atoms with Gasteiger partial charge in [-0.25, -0.2) is 0 Å². The van der Waals surface area contributed by atoms with Crippen LogP contribution < -0.4 is 0 Å². The highest BCUT2D eigenvalue weighted by Gasteiger charge is 2.17. The van der Waals surface area contributed by atoms with Crippen LogP contribution in [0.25, 0.3) is 0 Å². The normalized spacial score (nSPS) is 12.9. The van der Waals surface area contributed by atoms with E-state index >= 15 is 0 Å². The van der Waals surface area contributed by atoms with Crippen molar-refractivity contribution in [3.8, 4) is 0 Å². The first kappa shape index (κ1) is 14.2. The molecule has 0 saturated heterocycles. The van der Waals surface area contributed by atoms with Crippen molar-refractivity contribution in [1.29, 1.82) is 0 Å². The van der Waals surface area contributed by atoms with E-state index in [0.29, 0.717) is 0 Å². The topological polar surface area (TPSA) is 20.2 Å². The SMILES string of the molecule is CCCCC(O)c1c(C)c(C)c(C)c(C)c1C. The molecule has 1 unspecified atom stereocenters. The lowest BCUT2D eigenvalue weighted by molar-refractivity contribution is 0.162. The first-order valence-electron chi connectivity index (χ1n) is 6.66. The molecular formula is C16H26O. The molecule has 0 aliphatic rings. The van der Waals surface area contributed by atoms with Gasteiger partial charge in [0.25, 0.3) is 0 Å². The van der Waals surface area contributed by atoms with Crippen molar-refractivity contribution in [2.75, 3.05) is 0 Å². The molecule has 96 valence electrons. The number of rotatable bonds is 4. The van der Waals surface area contributed by atoms with Crippen LogP contribution in [0.15, 0.2) is 0 Å². The zero-order valence-electron chi connectivity index (χ0n) is 12.1. The van der Waals surface area contributed by atoms with Crippen LogP contribution in [0.3, 0.4) is 0 Å². The van der Waals surface area contributed by atoms with E-state index in [-0.39, 0.29) is 6.10 Å². The number of aliphatic hydroxyl groups excluding tert-OH is 1. The highest BCUT2D eigenvalue weighted by molar-refractivity contribution is 5.50. The van der Waals surface area contributed by atoms with Crippen molar-refractivity contribution in [3.05, 3.63) is 33.4 Å². The Kier molecular flexibility index (Phi) is 4.76. The van der Waals surface area contributed by atoms with E-state index in [9.17, 15) is 5.11 Å². The predicted molar refractivity (Wildman–Crippen MR) is 74.6 cm³/mol. The fourth-order valence-electron chi connectivity index (χ4n) is 2.57. The van der Waals surface area contributed by atoms with Gasteiger partial charge < -0.3 is 5.11 Å². The Labute approximate surface area is 106 Å². The van der Waals surface area contributed by atoms with Crippen molar-refractivity contribution in [2.24, 2.45) is 0 Å². The number of hydrogen-bond acceptors (Lipinski definition) is 1. The molecule has 0 aromatic heterocycles. The quantitative estimate of drug-likeness (QED) is 0.816. The third-order valence-electron chi connectivity index (χ3n) is 4.22. The maximum absolute atomic E-state index is 10.4. The second-order valence-corrected chi connectivity index (χ2v) is 5.20. The van der Waals surface area contributed by atoms with E-state index in [4.69, 9.17) is 0 Å². The maximum Gasteiger partial charge on any atom is 0.0795 e. The molecule has 1 aromatic carbocycles. The smallest absolute Gasteiger partial charge is 0.0795 e. The van der Waals surface area contributed by atoms with Gasteiger partial charge in [0.05, 0.1) is 6.10 Å². The molecule has 1 rings (SSSR count). The molecule has 0 amide bonds. The fourth-order valence-corrected chi connectivity index (χ4v) is 2.57. The molecule has 1 N–H and O–H groups in total. The monoisotopic (exact) mass is 234 g/mol. The molecule has 1 aromatic rings. The van der Waals surface area contributed by atoms with Crippen LogP contribution in [0.4, 0.5) is 0 Å². The minimum atomic E-state index is -0.298. The Morgan fingerprint density at radius 3 is 1.65 bits per heavy atom. The minimum absolute atomic E-state index is 0.298. The highest BCUT2D eigenvalue weighted by Crippen LogP contribution is 2.32. The van der Waals surface area contributed by atoms with Crippen molar-refractivity contribution >= 4 is 0 Å². The van der Waals surface area contributed by atoms with Gasteiger partial charge in [-0.2, -0.15) is 0 Å². The van der Waals surface area contributed by atoms with Gasteiger partial charge in [-0.15, -0.1) is 0 Å². The summed E-state index contributed by atoms with van der Waals surface area (Å²) >= 11 is 0. The predicted octanol–water partition coefficient (Wildman–Crippen LogP) is 4.45. The van der Waals surface area contributed by atoms with Crippen LogP contribution in [0.1, 0.15) is 65.7 Å². The van der Waals surface area contributed by atoms with Crippen molar-refractivity contribution in [2.45, 2.75) is 66.9 Å². The molecule has 0 spiro atoms. The molecule has 0 aliphatic heterocycles. The van der Waals surface area contributed by atoms with Gasteiger partial charge in [0.1, 0.15) is 0 Å². The van der Waals surface area contributed by atoms with E-state index in [1.54, 1.807) is 0 Å². The Bertz CT molecular complexity index is 375. The average molecular weight is 234 g/mol. The molecule has 0 fully saturated rings. The summed E-state index contributed by atoms with van der Waals surface area (Å²) in [6.07, 6.45) is 2.80. The summed E-state index contributed by atoms with van der Waals surface area (Å²) in [6, 6.07) is 0. The van der Waals surface area contributed by atoms with Gasteiger partial charge in [-0.3, -0.25) is 0 Å². The molecular weight excluding hydrogens is 208 g/mol. The summed E-state index contributed by atoms with van der Waals surface area (Å²) in [4.78, 5) is 0. The van der Waals surface area contributed by atoms with Crippen LogP contribution in [-0.4, -0.2) is 5.11 Å². The molecule has 1 heteroatoms. The molecule has 0 radical (unpaired) electrons.